The third-order valence-corrected chi connectivity index (χ3v) is 7.27. The quantitative estimate of drug-likeness (QED) is 0.152. The van der Waals surface area contributed by atoms with Crippen molar-refractivity contribution in [3.05, 3.63) is 64.1 Å². The van der Waals surface area contributed by atoms with Gasteiger partial charge in [0.2, 0.25) is 0 Å². The van der Waals surface area contributed by atoms with Crippen LogP contribution in [-0.2, 0) is 11.3 Å². The minimum Gasteiger partial charge on any atom is -0.481 e. The van der Waals surface area contributed by atoms with Crippen LogP contribution in [0.1, 0.15) is 48.5 Å². The zero-order valence-corrected chi connectivity index (χ0v) is 19.9. The highest BCUT2D eigenvalue weighted by atomic mass is 35.5. The predicted octanol–water partition coefficient (Wildman–Crippen LogP) is 7.96. The van der Waals surface area contributed by atoms with Gasteiger partial charge in [-0.3, -0.25) is 9.59 Å². The number of carboxylic acid groups (broad SMARTS) is 1. The number of aliphatic carboxylic acids is 1. The van der Waals surface area contributed by atoms with Crippen LogP contribution in [0.2, 0.25) is 0 Å². The van der Waals surface area contributed by atoms with Gasteiger partial charge in [-0.15, -0.1) is 29.5 Å². The van der Waals surface area contributed by atoms with Gasteiger partial charge < -0.3 is 9.67 Å². The molecular weight excluding hydrogens is 481 g/mol. The number of nitrogens with zero attached hydrogens (tertiary/aromatic N) is 1. The van der Waals surface area contributed by atoms with E-state index in [9.17, 15) is 19.1 Å². The first-order valence-corrected chi connectivity index (χ1v) is 12.3. The SMILES string of the molecule is C.C/C=C/Sc1c2n(c3cc(F)cc(-c4ccsc4C=O)c13)CCC2CC(=O)O.C=CCCl. The molecule has 1 N–H and O–H groups in total. The van der Waals surface area contributed by atoms with Gasteiger partial charge in [0.1, 0.15) is 5.82 Å². The number of alkyl halides is 1. The molecule has 3 aromatic rings. The molecule has 0 bridgehead atoms. The number of carbonyl (C=O) groups excluding carboxylic acids is 1. The molecule has 0 radical (unpaired) electrons. The van der Waals surface area contributed by atoms with E-state index in [1.165, 1.54) is 35.2 Å². The fourth-order valence-electron chi connectivity index (χ4n) is 4.00. The van der Waals surface area contributed by atoms with Crippen LogP contribution in [0.3, 0.4) is 0 Å². The van der Waals surface area contributed by atoms with Crippen LogP contribution in [0.25, 0.3) is 22.0 Å². The van der Waals surface area contributed by atoms with Gasteiger partial charge in [-0.1, -0.05) is 31.3 Å². The van der Waals surface area contributed by atoms with Gasteiger partial charge in [0, 0.05) is 39.9 Å². The smallest absolute Gasteiger partial charge is 0.304 e. The van der Waals surface area contributed by atoms with E-state index in [4.69, 9.17) is 11.6 Å². The number of fused-ring (bicyclic) bond motifs is 3. The molecule has 0 aliphatic carbocycles. The molecule has 1 aliphatic rings. The lowest BCUT2D eigenvalue weighted by atomic mass is 9.97. The van der Waals surface area contributed by atoms with Crippen molar-refractivity contribution in [2.75, 3.05) is 5.88 Å². The van der Waals surface area contributed by atoms with Crippen LogP contribution in [0, 0.1) is 5.82 Å². The van der Waals surface area contributed by atoms with Crippen molar-refractivity contribution in [3.63, 3.8) is 0 Å². The summed E-state index contributed by atoms with van der Waals surface area (Å²) >= 11 is 7.92. The van der Waals surface area contributed by atoms with Crippen LogP contribution >= 0.6 is 34.7 Å². The Morgan fingerprint density at radius 3 is 2.76 bits per heavy atom. The second-order valence-corrected chi connectivity index (χ2v) is 9.32. The molecule has 1 atom stereocenters. The highest BCUT2D eigenvalue weighted by Crippen LogP contribution is 2.48. The Morgan fingerprint density at radius 2 is 2.15 bits per heavy atom. The Balaban J connectivity index is 0.000000714. The average molecular weight is 508 g/mol. The number of aryl methyl sites for hydroxylation is 1. The third-order valence-electron chi connectivity index (χ3n) is 5.16. The first kappa shape index (κ1) is 26.9. The lowest BCUT2D eigenvalue weighted by Crippen LogP contribution is -2.04. The van der Waals surface area contributed by atoms with E-state index in [1.807, 2.05) is 34.4 Å². The van der Waals surface area contributed by atoms with E-state index in [0.717, 1.165) is 34.2 Å². The maximum absolute atomic E-state index is 14.5. The van der Waals surface area contributed by atoms with Gasteiger partial charge in [0.25, 0.3) is 0 Å². The molecule has 4 rings (SSSR count). The maximum atomic E-state index is 14.5. The van der Waals surface area contributed by atoms with Crippen LogP contribution in [0.5, 0.6) is 0 Å². The lowest BCUT2D eigenvalue weighted by Gasteiger charge is -2.10. The minimum absolute atomic E-state index is 0. The van der Waals surface area contributed by atoms with E-state index < -0.39 is 5.97 Å². The van der Waals surface area contributed by atoms with Gasteiger partial charge in [0.05, 0.1) is 16.8 Å². The van der Waals surface area contributed by atoms with Crippen LogP contribution in [-0.4, -0.2) is 27.8 Å². The summed E-state index contributed by atoms with van der Waals surface area (Å²) in [5, 5.41) is 14.0. The number of hydrogen-bond acceptors (Lipinski definition) is 4. The molecule has 0 saturated carbocycles. The van der Waals surface area contributed by atoms with Gasteiger partial charge in [-0.2, -0.15) is 0 Å². The maximum Gasteiger partial charge on any atom is 0.304 e. The van der Waals surface area contributed by atoms with Crippen LogP contribution in [0.4, 0.5) is 4.39 Å². The topological polar surface area (TPSA) is 59.3 Å². The Labute approximate surface area is 206 Å². The largest absolute Gasteiger partial charge is 0.481 e. The number of carboxylic acids is 1. The number of thioether (sulfide) groups is 1. The second kappa shape index (κ2) is 12.2. The average Bonchev–Trinajstić information content (AvgIpc) is 3.47. The Morgan fingerprint density at radius 1 is 1.42 bits per heavy atom. The van der Waals surface area contributed by atoms with Crippen LogP contribution < -0.4 is 0 Å². The molecule has 2 aromatic heterocycles. The predicted molar refractivity (Wildman–Crippen MR) is 139 cm³/mol. The highest BCUT2D eigenvalue weighted by molar-refractivity contribution is 8.02. The zero-order valence-electron chi connectivity index (χ0n) is 17.5. The highest BCUT2D eigenvalue weighted by Gasteiger charge is 2.32. The molecule has 3 heterocycles. The van der Waals surface area contributed by atoms with E-state index in [0.29, 0.717) is 28.4 Å². The van der Waals surface area contributed by atoms with Crippen molar-refractivity contribution in [3.8, 4) is 11.1 Å². The fourth-order valence-corrected chi connectivity index (χ4v) is 5.72. The standard InChI is InChI=1S/C21H18FNO3S2.C3H5Cl.CH4/c1-2-6-28-21-19-15(14-4-7-27-17(14)11-24)9-13(22)10-16(19)23-5-3-12(20(21)23)8-18(25)26;1-2-3-4;/h2,4,6-7,9-12H,3,5,8H2,1H3,(H,25,26);2H,1,3H2;1H4/b6-2+;;. The summed E-state index contributed by atoms with van der Waals surface area (Å²) < 4.78 is 16.6. The summed E-state index contributed by atoms with van der Waals surface area (Å²) in [6, 6.07) is 4.82. The van der Waals surface area contributed by atoms with Crippen molar-refractivity contribution in [1.82, 2.24) is 4.57 Å². The summed E-state index contributed by atoms with van der Waals surface area (Å²) in [4.78, 5) is 24.4. The van der Waals surface area contributed by atoms with Gasteiger partial charge >= 0.3 is 5.97 Å². The van der Waals surface area contributed by atoms with Gasteiger partial charge in [0.15, 0.2) is 6.29 Å². The van der Waals surface area contributed by atoms with Crippen molar-refractivity contribution in [2.24, 2.45) is 0 Å². The van der Waals surface area contributed by atoms with E-state index in [-0.39, 0.29) is 25.6 Å². The number of carbonyl (C=O) groups is 2. The summed E-state index contributed by atoms with van der Waals surface area (Å²) in [5.74, 6) is -0.755. The Kier molecular flexibility index (Phi) is 9.95. The molecule has 1 aliphatic heterocycles. The molecule has 33 heavy (non-hydrogen) atoms. The summed E-state index contributed by atoms with van der Waals surface area (Å²) in [5.41, 5.74) is 3.11. The zero-order chi connectivity index (χ0) is 23.3. The number of halogens is 2. The Bertz CT molecular complexity index is 1180. The van der Waals surface area contributed by atoms with Crippen LogP contribution in [0.15, 0.2) is 52.6 Å². The summed E-state index contributed by atoms with van der Waals surface area (Å²) in [6.07, 6.45) is 5.14. The van der Waals surface area contributed by atoms with E-state index >= 15 is 0 Å². The molecule has 1 unspecified atom stereocenters. The number of rotatable bonds is 7. The number of aromatic nitrogens is 1. The monoisotopic (exact) mass is 507 g/mol. The first-order chi connectivity index (χ1) is 15.5. The number of hydrogen-bond donors (Lipinski definition) is 1. The fraction of sp³-hybridized carbons (Fsp3) is 0.280. The number of allylic oxidation sites excluding steroid dienone is 2. The number of benzene rings is 1. The first-order valence-electron chi connectivity index (χ1n) is 10.0. The van der Waals surface area contributed by atoms with Gasteiger partial charge in [-0.05, 0) is 47.9 Å². The molecule has 4 nitrogen and oxygen atoms in total. The van der Waals surface area contributed by atoms with E-state index in [1.54, 1.807) is 6.08 Å². The van der Waals surface area contributed by atoms with E-state index in [2.05, 4.69) is 6.58 Å². The summed E-state index contributed by atoms with van der Waals surface area (Å²) in [6.45, 7) is 5.93. The van der Waals surface area contributed by atoms with Crippen molar-refractivity contribution in [2.45, 2.75) is 44.6 Å². The molecule has 1 aromatic carbocycles. The Hall–Kier alpha value is -2.35. The number of aldehydes is 1. The van der Waals surface area contributed by atoms with Crippen molar-refractivity contribution in [1.29, 1.82) is 0 Å². The number of thiophene rings is 1. The normalized spacial score (nSPS) is 14.5. The third kappa shape index (κ3) is 5.60. The molecule has 0 amide bonds. The lowest BCUT2D eigenvalue weighted by molar-refractivity contribution is -0.137. The molecule has 0 fully saturated rings. The van der Waals surface area contributed by atoms with Gasteiger partial charge in [-0.25, -0.2) is 4.39 Å². The molecule has 176 valence electrons. The summed E-state index contributed by atoms with van der Waals surface area (Å²) in [7, 11) is 0. The van der Waals surface area contributed by atoms with Crippen molar-refractivity contribution < 1.29 is 19.1 Å². The molecular formula is C25H27ClFNO3S2. The van der Waals surface area contributed by atoms with Crippen molar-refractivity contribution >= 4 is 57.9 Å². The molecule has 0 spiro atoms. The molecule has 8 heteroatoms. The molecule has 0 saturated heterocycles. The second-order valence-electron chi connectivity index (χ2n) is 7.14. The minimum atomic E-state index is -0.835.